The van der Waals surface area contributed by atoms with E-state index in [4.69, 9.17) is 16.2 Å². The zero-order chi connectivity index (χ0) is 14.9. The van der Waals surface area contributed by atoms with Gasteiger partial charge >= 0.3 is 0 Å². The van der Waals surface area contributed by atoms with Gasteiger partial charge in [-0.2, -0.15) is 0 Å². The first-order valence-electron chi connectivity index (χ1n) is 6.15. The molecule has 0 heterocycles. The molecule has 0 unspecified atom stereocenters. The zero-order valence-corrected chi connectivity index (χ0v) is 11.7. The SMILES string of the molecule is COc1cc(N)c(C)cc1N=C1C=C(N)C(C)=CC1=O. The van der Waals surface area contributed by atoms with Crippen LogP contribution in [0.1, 0.15) is 12.5 Å². The molecule has 5 heteroatoms. The number of aliphatic imine (C=N–C) groups is 1. The Morgan fingerprint density at radius 3 is 2.50 bits per heavy atom. The smallest absolute Gasteiger partial charge is 0.204 e. The molecule has 4 N–H and O–H groups in total. The molecular weight excluding hydrogens is 254 g/mol. The van der Waals surface area contributed by atoms with Gasteiger partial charge in [0.15, 0.2) is 0 Å². The summed E-state index contributed by atoms with van der Waals surface area (Å²) in [5.41, 5.74) is 15.3. The second-order valence-electron chi connectivity index (χ2n) is 4.67. The number of hydrogen-bond donors (Lipinski definition) is 2. The van der Waals surface area contributed by atoms with E-state index < -0.39 is 0 Å². The molecule has 1 aliphatic rings. The van der Waals surface area contributed by atoms with Crippen molar-refractivity contribution >= 4 is 22.9 Å². The highest BCUT2D eigenvalue weighted by Gasteiger charge is 2.15. The summed E-state index contributed by atoms with van der Waals surface area (Å²) < 4.78 is 5.24. The summed E-state index contributed by atoms with van der Waals surface area (Å²) in [5.74, 6) is 0.347. The molecule has 0 saturated heterocycles. The first kappa shape index (κ1) is 13.9. The fourth-order valence-electron chi connectivity index (χ4n) is 1.84. The summed E-state index contributed by atoms with van der Waals surface area (Å²) in [4.78, 5) is 16.3. The van der Waals surface area contributed by atoms with E-state index in [1.54, 1.807) is 25.1 Å². The number of rotatable bonds is 2. The monoisotopic (exact) mass is 271 g/mol. The van der Waals surface area contributed by atoms with Gasteiger partial charge < -0.3 is 16.2 Å². The quantitative estimate of drug-likeness (QED) is 0.636. The van der Waals surface area contributed by atoms with Crippen LogP contribution < -0.4 is 16.2 Å². The van der Waals surface area contributed by atoms with Gasteiger partial charge in [-0.3, -0.25) is 4.79 Å². The van der Waals surface area contributed by atoms with Crippen molar-refractivity contribution in [2.45, 2.75) is 13.8 Å². The van der Waals surface area contributed by atoms with Crippen molar-refractivity contribution in [2.24, 2.45) is 10.7 Å². The number of allylic oxidation sites excluding steroid dienone is 3. The van der Waals surface area contributed by atoms with Gasteiger partial charge in [0.2, 0.25) is 5.78 Å². The molecule has 0 aromatic heterocycles. The van der Waals surface area contributed by atoms with Crippen LogP contribution in [0.25, 0.3) is 0 Å². The second kappa shape index (κ2) is 5.21. The van der Waals surface area contributed by atoms with Crippen LogP contribution in [0.3, 0.4) is 0 Å². The number of ketones is 1. The van der Waals surface area contributed by atoms with E-state index >= 15 is 0 Å². The molecule has 0 aliphatic heterocycles. The van der Waals surface area contributed by atoms with Crippen molar-refractivity contribution in [1.29, 1.82) is 0 Å². The Labute approximate surface area is 117 Å². The van der Waals surface area contributed by atoms with E-state index in [2.05, 4.69) is 4.99 Å². The Hall–Kier alpha value is -2.56. The zero-order valence-electron chi connectivity index (χ0n) is 11.7. The third-order valence-corrected chi connectivity index (χ3v) is 3.16. The molecule has 0 radical (unpaired) electrons. The van der Waals surface area contributed by atoms with Gasteiger partial charge in [0.05, 0.1) is 7.11 Å². The lowest BCUT2D eigenvalue weighted by Gasteiger charge is -2.11. The Morgan fingerprint density at radius 1 is 1.15 bits per heavy atom. The maximum atomic E-state index is 11.9. The summed E-state index contributed by atoms with van der Waals surface area (Å²) in [6.45, 7) is 3.66. The Balaban J connectivity index is 2.51. The highest BCUT2D eigenvalue weighted by molar-refractivity contribution is 6.49. The molecule has 0 spiro atoms. The van der Waals surface area contributed by atoms with E-state index in [1.165, 1.54) is 13.2 Å². The number of nitrogens with two attached hydrogens (primary N) is 2. The molecule has 2 rings (SSSR count). The van der Waals surface area contributed by atoms with Gasteiger partial charge in [-0.1, -0.05) is 0 Å². The van der Waals surface area contributed by atoms with Crippen LogP contribution in [0.15, 0.2) is 40.5 Å². The summed E-state index contributed by atoms with van der Waals surface area (Å²) in [6.07, 6.45) is 3.05. The summed E-state index contributed by atoms with van der Waals surface area (Å²) in [5, 5.41) is 0. The van der Waals surface area contributed by atoms with E-state index in [0.717, 1.165) is 11.1 Å². The predicted molar refractivity (Wildman–Crippen MR) is 80.3 cm³/mol. The number of ether oxygens (including phenoxy) is 1. The van der Waals surface area contributed by atoms with Crippen molar-refractivity contribution < 1.29 is 9.53 Å². The first-order chi connectivity index (χ1) is 9.42. The molecule has 0 bridgehead atoms. The van der Waals surface area contributed by atoms with Gasteiger partial charge in [0.25, 0.3) is 0 Å². The van der Waals surface area contributed by atoms with Crippen molar-refractivity contribution in [3.8, 4) is 5.75 Å². The number of anilines is 1. The Morgan fingerprint density at radius 2 is 1.85 bits per heavy atom. The molecule has 20 heavy (non-hydrogen) atoms. The summed E-state index contributed by atoms with van der Waals surface area (Å²) in [6, 6.07) is 3.47. The van der Waals surface area contributed by atoms with Crippen molar-refractivity contribution in [1.82, 2.24) is 0 Å². The van der Waals surface area contributed by atoms with E-state index in [9.17, 15) is 4.79 Å². The molecule has 5 nitrogen and oxygen atoms in total. The van der Waals surface area contributed by atoms with Crippen LogP contribution in [-0.4, -0.2) is 18.6 Å². The number of aryl methyl sites for hydroxylation is 1. The standard InChI is InChI=1S/C15H17N3O2/c1-8-4-13(15(20-3)7-11(8)17)18-12-6-10(16)9(2)5-14(12)19/h4-7H,16-17H2,1-3H3. The molecule has 1 aromatic carbocycles. The van der Waals surface area contributed by atoms with Crippen LogP contribution in [0.2, 0.25) is 0 Å². The van der Waals surface area contributed by atoms with Crippen LogP contribution in [-0.2, 0) is 4.79 Å². The lowest BCUT2D eigenvalue weighted by molar-refractivity contribution is -0.108. The molecule has 1 aromatic rings. The number of carbonyl (C=O) groups is 1. The maximum Gasteiger partial charge on any atom is 0.204 e. The molecule has 1 aliphatic carbocycles. The van der Waals surface area contributed by atoms with E-state index in [1.807, 2.05) is 6.92 Å². The summed E-state index contributed by atoms with van der Waals surface area (Å²) >= 11 is 0. The minimum Gasteiger partial charge on any atom is -0.494 e. The lowest BCUT2D eigenvalue weighted by atomic mass is 10.0. The van der Waals surface area contributed by atoms with Crippen LogP contribution in [0.4, 0.5) is 11.4 Å². The topological polar surface area (TPSA) is 90.7 Å². The number of nitrogens with zero attached hydrogens (tertiary/aromatic N) is 1. The number of benzene rings is 1. The number of methoxy groups -OCH3 is 1. The minimum absolute atomic E-state index is 0.173. The molecule has 0 amide bonds. The average Bonchev–Trinajstić information content (AvgIpc) is 2.39. The molecule has 0 saturated carbocycles. The van der Waals surface area contributed by atoms with Crippen LogP contribution in [0.5, 0.6) is 5.75 Å². The van der Waals surface area contributed by atoms with E-state index in [0.29, 0.717) is 22.8 Å². The highest BCUT2D eigenvalue weighted by atomic mass is 16.5. The Kier molecular flexibility index (Phi) is 3.61. The molecular formula is C15H17N3O2. The van der Waals surface area contributed by atoms with Gasteiger partial charge in [-0.25, -0.2) is 4.99 Å². The fourth-order valence-corrected chi connectivity index (χ4v) is 1.84. The van der Waals surface area contributed by atoms with Crippen LogP contribution >= 0.6 is 0 Å². The second-order valence-corrected chi connectivity index (χ2v) is 4.67. The molecule has 104 valence electrons. The summed E-state index contributed by atoms with van der Waals surface area (Å²) in [7, 11) is 1.53. The molecule has 0 fully saturated rings. The number of carbonyl (C=O) groups excluding carboxylic acids is 1. The van der Waals surface area contributed by atoms with E-state index in [-0.39, 0.29) is 11.5 Å². The Bertz CT molecular complexity index is 670. The van der Waals surface area contributed by atoms with Crippen LogP contribution in [0, 0.1) is 6.92 Å². The normalized spacial score (nSPS) is 16.9. The third-order valence-electron chi connectivity index (χ3n) is 3.16. The largest absolute Gasteiger partial charge is 0.494 e. The first-order valence-corrected chi connectivity index (χ1v) is 6.15. The number of nitrogen functional groups attached to an aromatic ring is 1. The molecule has 0 atom stereocenters. The van der Waals surface area contributed by atoms with Gasteiger partial charge in [0.1, 0.15) is 17.1 Å². The fraction of sp³-hybridized carbons (Fsp3) is 0.200. The van der Waals surface area contributed by atoms with Gasteiger partial charge in [0, 0.05) is 17.5 Å². The van der Waals surface area contributed by atoms with Crippen molar-refractivity contribution in [2.75, 3.05) is 12.8 Å². The van der Waals surface area contributed by atoms with Crippen molar-refractivity contribution in [3.63, 3.8) is 0 Å². The number of hydrogen-bond acceptors (Lipinski definition) is 5. The minimum atomic E-state index is -0.173. The van der Waals surface area contributed by atoms with Gasteiger partial charge in [-0.15, -0.1) is 0 Å². The third kappa shape index (κ3) is 2.56. The van der Waals surface area contributed by atoms with Crippen molar-refractivity contribution in [3.05, 3.63) is 41.1 Å². The highest BCUT2D eigenvalue weighted by Crippen LogP contribution is 2.32. The average molecular weight is 271 g/mol. The van der Waals surface area contributed by atoms with Gasteiger partial charge in [-0.05, 0) is 43.2 Å². The lowest BCUT2D eigenvalue weighted by Crippen LogP contribution is -2.17. The predicted octanol–water partition coefficient (Wildman–Crippen LogP) is 2.03. The maximum absolute atomic E-state index is 11.9.